The normalized spacial score (nSPS) is 18.5. The van der Waals surface area contributed by atoms with E-state index in [-0.39, 0.29) is 11.9 Å². The molecule has 0 spiro atoms. The fourth-order valence-electron chi connectivity index (χ4n) is 2.53. The van der Waals surface area contributed by atoms with Crippen LogP contribution in [-0.2, 0) is 14.3 Å². The summed E-state index contributed by atoms with van der Waals surface area (Å²) in [6, 6.07) is 0. The lowest BCUT2D eigenvalue weighted by molar-refractivity contribution is -0.141. The van der Waals surface area contributed by atoms with Gasteiger partial charge in [-0.1, -0.05) is 44.9 Å². The van der Waals surface area contributed by atoms with E-state index in [1.54, 1.807) is 0 Å². The Morgan fingerprint density at radius 3 is 2.16 bits per heavy atom. The molecule has 1 heterocycles. The Morgan fingerprint density at radius 1 is 1.05 bits per heavy atom. The van der Waals surface area contributed by atoms with Gasteiger partial charge in [-0.25, -0.2) is 0 Å². The predicted molar refractivity (Wildman–Crippen MR) is 72.9 cm³/mol. The summed E-state index contributed by atoms with van der Waals surface area (Å²) in [6.07, 6.45) is 11.1. The van der Waals surface area contributed by atoms with Crippen molar-refractivity contribution in [2.24, 2.45) is 5.92 Å². The number of aliphatic carboxylic acids is 1. The lowest BCUT2D eigenvalue weighted by atomic mass is 9.99. The van der Waals surface area contributed by atoms with Crippen molar-refractivity contribution in [1.29, 1.82) is 0 Å². The fraction of sp³-hybridized carbons (Fsp3) is 0.867. The van der Waals surface area contributed by atoms with Gasteiger partial charge in [-0.3, -0.25) is 9.59 Å². The van der Waals surface area contributed by atoms with E-state index in [2.05, 4.69) is 0 Å². The standard InChI is InChI=1S/C15H26O4/c16-14(17)10-8-6-4-2-1-3-5-7-9-13-11-12-19-15(13)18/h13H,1-12H2,(H,16,17)/t13-/m0/s1. The Morgan fingerprint density at radius 2 is 1.63 bits per heavy atom. The zero-order valence-corrected chi connectivity index (χ0v) is 11.7. The number of hydrogen-bond donors (Lipinski definition) is 1. The number of carbonyl (C=O) groups is 2. The molecule has 1 aliphatic rings. The molecule has 0 radical (unpaired) electrons. The molecule has 19 heavy (non-hydrogen) atoms. The second-order valence-electron chi connectivity index (χ2n) is 5.41. The number of hydrogen-bond acceptors (Lipinski definition) is 3. The summed E-state index contributed by atoms with van der Waals surface area (Å²) in [5, 5.41) is 8.49. The Bertz CT molecular complexity index is 275. The van der Waals surface area contributed by atoms with E-state index in [0.29, 0.717) is 13.0 Å². The molecule has 1 fully saturated rings. The third-order valence-corrected chi connectivity index (χ3v) is 3.74. The van der Waals surface area contributed by atoms with E-state index >= 15 is 0 Å². The van der Waals surface area contributed by atoms with Crippen LogP contribution in [0.4, 0.5) is 0 Å². The first-order valence-corrected chi connectivity index (χ1v) is 7.58. The molecule has 0 bridgehead atoms. The van der Waals surface area contributed by atoms with Gasteiger partial charge in [0.15, 0.2) is 0 Å². The van der Waals surface area contributed by atoms with Crippen molar-refractivity contribution in [3.05, 3.63) is 0 Å². The molecule has 0 unspecified atom stereocenters. The first-order chi connectivity index (χ1) is 9.20. The van der Waals surface area contributed by atoms with Crippen molar-refractivity contribution >= 4 is 11.9 Å². The summed E-state index contributed by atoms with van der Waals surface area (Å²) in [5.41, 5.74) is 0. The molecule has 4 heteroatoms. The van der Waals surface area contributed by atoms with Crippen LogP contribution in [0.2, 0.25) is 0 Å². The number of rotatable bonds is 11. The quantitative estimate of drug-likeness (QED) is 0.461. The third kappa shape index (κ3) is 7.85. The second kappa shape index (κ2) is 9.82. The van der Waals surface area contributed by atoms with Crippen LogP contribution in [0.5, 0.6) is 0 Å². The molecule has 0 aromatic rings. The first-order valence-electron chi connectivity index (χ1n) is 7.58. The van der Waals surface area contributed by atoms with Crippen LogP contribution in [0.1, 0.15) is 70.6 Å². The van der Waals surface area contributed by atoms with E-state index in [0.717, 1.165) is 38.5 Å². The highest BCUT2D eigenvalue weighted by Gasteiger charge is 2.25. The maximum Gasteiger partial charge on any atom is 0.309 e. The van der Waals surface area contributed by atoms with E-state index in [9.17, 15) is 9.59 Å². The minimum Gasteiger partial charge on any atom is -0.481 e. The number of ether oxygens (including phenoxy) is 1. The van der Waals surface area contributed by atoms with Crippen LogP contribution in [0, 0.1) is 5.92 Å². The number of carboxylic acid groups (broad SMARTS) is 1. The largest absolute Gasteiger partial charge is 0.481 e. The van der Waals surface area contributed by atoms with Gasteiger partial charge in [0, 0.05) is 6.42 Å². The highest BCUT2D eigenvalue weighted by molar-refractivity contribution is 5.73. The molecule has 1 aliphatic heterocycles. The minimum absolute atomic E-state index is 0.00145. The molecule has 0 amide bonds. The van der Waals surface area contributed by atoms with Crippen molar-refractivity contribution < 1.29 is 19.4 Å². The van der Waals surface area contributed by atoms with Crippen molar-refractivity contribution in [3.8, 4) is 0 Å². The van der Waals surface area contributed by atoms with Crippen LogP contribution in [0.25, 0.3) is 0 Å². The maximum absolute atomic E-state index is 11.2. The van der Waals surface area contributed by atoms with Gasteiger partial charge in [0.25, 0.3) is 0 Å². The Labute approximate surface area is 115 Å². The Balaban J connectivity index is 1.78. The average Bonchev–Trinajstić information content (AvgIpc) is 2.77. The lowest BCUT2D eigenvalue weighted by Crippen LogP contribution is -2.06. The molecule has 0 aromatic heterocycles. The minimum atomic E-state index is -0.689. The number of cyclic esters (lactones) is 1. The molecule has 1 saturated heterocycles. The van der Waals surface area contributed by atoms with E-state index < -0.39 is 5.97 Å². The van der Waals surface area contributed by atoms with Crippen molar-refractivity contribution in [1.82, 2.24) is 0 Å². The van der Waals surface area contributed by atoms with Crippen LogP contribution in [0.3, 0.4) is 0 Å². The van der Waals surface area contributed by atoms with E-state index in [1.807, 2.05) is 0 Å². The summed E-state index contributed by atoms with van der Waals surface area (Å²) in [6.45, 7) is 0.611. The number of carbonyl (C=O) groups excluding carboxylic acids is 1. The number of carboxylic acids is 1. The Kier molecular flexibility index (Phi) is 8.26. The van der Waals surface area contributed by atoms with Crippen LogP contribution in [0.15, 0.2) is 0 Å². The summed E-state index contributed by atoms with van der Waals surface area (Å²) in [7, 11) is 0. The molecule has 0 saturated carbocycles. The second-order valence-corrected chi connectivity index (χ2v) is 5.41. The first kappa shape index (κ1) is 16.0. The zero-order valence-electron chi connectivity index (χ0n) is 11.7. The van der Waals surface area contributed by atoms with Crippen LogP contribution < -0.4 is 0 Å². The lowest BCUT2D eigenvalue weighted by Gasteiger charge is -2.05. The van der Waals surface area contributed by atoms with E-state index in [4.69, 9.17) is 9.84 Å². The summed E-state index contributed by atoms with van der Waals surface area (Å²) >= 11 is 0. The summed E-state index contributed by atoms with van der Waals surface area (Å²) in [5.74, 6) is -0.528. The maximum atomic E-state index is 11.2. The number of esters is 1. The van der Waals surface area contributed by atoms with Gasteiger partial charge in [-0.15, -0.1) is 0 Å². The topological polar surface area (TPSA) is 63.6 Å². The van der Waals surface area contributed by atoms with Crippen molar-refractivity contribution in [2.45, 2.75) is 70.6 Å². The summed E-state index contributed by atoms with van der Waals surface area (Å²) in [4.78, 5) is 21.5. The third-order valence-electron chi connectivity index (χ3n) is 3.74. The highest BCUT2D eigenvalue weighted by Crippen LogP contribution is 2.21. The average molecular weight is 270 g/mol. The van der Waals surface area contributed by atoms with Crippen molar-refractivity contribution in [3.63, 3.8) is 0 Å². The molecule has 1 atom stereocenters. The zero-order chi connectivity index (χ0) is 13.9. The Hall–Kier alpha value is -1.06. The SMILES string of the molecule is O=C(O)CCCCCCCCCC[C@H]1CCOC1=O. The fourth-order valence-corrected chi connectivity index (χ4v) is 2.53. The number of unbranched alkanes of at least 4 members (excludes halogenated alkanes) is 7. The molecule has 1 N–H and O–H groups in total. The smallest absolute Gasteiger partial charge is 0.309 e. The highest BCUT2D eigenvalue weighted by atomic mass is 16.5. The van der Waals surface area contributed by atoms with Gasteiger partial charge in [0.2, 0.25) is 0 Å². The summed E-state index contributed by atoms with van der Waals surface area (Å²) < 4.78 is 4.93. The van der Waals surface area contributed by atoms with Gasteiger partial charge in [-0.2, -0.15) is 0 Å². The molecule has 0 aliphatic carbocycles. The van der Waals surface area contributed by atoms with Gasteiger partial charge in [-0.05, 0) is 19.3 Å². The van der Waals surface area contributed by atoms with Crippen LogP contribution >= 0.6 is 0 Å². The monoisotopic (exact) mass is 270 g/mol. The van der Waals surface area contributed by atoms with Crippen molar-refractivity contribution in [2.75, 3.05) is 6.61 Å². The van der Waals surface area contributed by atoms with Gasteiger partial charge >= 0.3 is 11.9 Å². The molecular weight excluding hydrogens is 244 g/mol. The van der Waals surface area contributed by atoms with Gasteiger partial charge in [0.05, 0.1) is 12.5 Å². The van der Waals surface area contributed by atoms with E-state index in [1.165, 1.54) is 25.7 Å². The van der Waals surface area contributed by atoms with Gasteiger partial charge in [0.1, 0.15) is 0 Å². The molecular formula is C15H26O4. The molecule has 4 nitrogen and oxygen atoms in total. The predicted octanol–water partition coefficient (Wildman–Crippen LogP) is 3.54. The van der Waals surface area contributed by atoms with Gasteiger partial charge < -0.3 is 9.84 Å². The molecule has 1 rings (SSSR count). The molecule has 110 valence electrons. The van der Waals surface area contributed by atoms with Crippen LogP contribution in [-0.4, -0.2) is 23.7 Å². The molecule has 0 aromatic carbocycles.